The predicted octanol–water partition coefficient (Wildman–Crippen LogP) is 1.23. The van der Waals surface area contributed by atoms with Gasteiger partial charge in [-0.1, -0.05) is 18.2 Å². The zero-order valence-corrected chi connectivity index (χ0v) is 8.49. The highest BCUT2D eigenvalue weighted by Crippen LogP contribution is 2.16. The Morgan fingerprint density at radius 2 is 2.27 bits per heavy atom. The fourth-order valence-electron chi connectivity index (χ4n) is 1.17. The molecule has 1 aromatic rings. The minimum atomic E-state index is -0.268. The molecule has 0 unspecified atom stereocenters. The molecule has 0 radical (unpaired) electrons. The average Bonchev–Trinajstić information content (AvgIpc) is 2.27. The fourth-order valence-corrected chi connectivity index (χ4v) is 1.17. The van der Waals surface area contributed by atoms with E-state index in [0.29, 0.717) is 6.54 Å². The Morgan fingerprint density at radius 1 is 1.53 bits per heavy atom. The van der Waals surface area contributed by atoms with Crippen molar-refractivity contribution < 1.29 is 9.53 Å². The summed E-state index contributed by atoms with van der Waals surface area (Å²) in [5.74, 6) is 0.469. The number of rotatable bonds is 4. The molecule has 0 heterocycles. The molecule has 1 N–H and O–H groups in total. The molecule has 0 spiro atoms. The van der Waals surface area contributed by atoms with E-state index in [4.69, 9.17) is 11.3 Å². The van der Waals surface area contributed by atoms with Crippen molar-refractivity contribution in [3.05, 3.63) is 41.2 Å². The maximum absolute atomic E-state index is 11.1. The number of hydrogen-bond acceptors (Lipinski definition) is 2. The van der Waals surface area contributed by atoms with Crippen molar-refractivity contribution in [3.8, 4) is 5.75 Å². The second-order valence-corrected chi connectivity index (χ2v) is 2.90. The van der Waals surface area contributed by atoms with Gasteiger partial charge in [-0.05, 0) is 6.07 Å². The molecule has 1 aromatic carbocycles. The van der Waals surface area contributed by atoms with Crippen LogP contribution in [0.2, 0.25) is 0 Å². The van der Waals surface area contributed by atoms with Gasteiger partial charge in [-0.25, -0.2) is 6.57 Å². The van der Waals surface area contributed by atoms with E-state index in [1.165, 1.54) is 0 Å². The largest absolute Gasteiger partial charge is 0.496 e. The molecule has 0 saturated heterocycles. The highest BCUT2D eigenvalue weighted by molar-refractivity contribution is 5.79. The molecule has 0 atom stereocenters. The van der Waals surface area contributed by atoms with E-state index in [-0.39, 0.29) is 12.5 Å². The van der Waals surface area contributed by atoms with Crippen LogP contribution in [0.4, 0.5) is 0 Å². The van der Waals surface area contributed by atoms with Crippen molar-refractivity contribution in [3.63, 3.8) is 0 Å². The number of nitrogens with one attached hydrogen (secondary N) is 1. The van der Waals surface area contributed by atoms with Crippen molar-refractivity contribution >= 4 is 5.91 Å². The van der Waals surface area contributed by atoms with Crippen LogP contribution in [-0.2, 0) is 11.3 Å². The van der Waals surface area contributed by atoms with Crippen LogP contribution in [0.5, 0.6) is 5.75 Å². The Bertz CT molecular complexity index is 382. The van der Waals surface area contributed by atoms with Crippen LogP contribution in [-0.4, -0.2) is 19.6 Å². The first-order valence-corrected chi connectivity index (χ1v) is 4.49. The summed E-state index contributed by atoms with van der Waals surface area (Å²) in [5, 5.41) is 2.64. The molecule has 0 aliphatic heterocycles. The van der Waals surface area contributed by atoms with E-state index in [2.05, 4.69) is 10.2 Å². The Kier molecular flexibility index (Phi) is 4.17. The van der Waals surface area contributed by atoms with Crippen molar-refractivity contribution in [2.45, 2.75) is 6.54 Å². The molecule has 4 heteroatoms. The summed E-state index contributed by atoms with van der Waals surface area (Å²) >= 11 is 0. The highest BCUT2D eigenvalue weighted by atomic mass is 16.5. The molecule has 4 nitrogen and oxygen atoms in total. The molecular formula is C11H12N2O2. The van der Waals surface area contributed by atoms with Gasteiger partial charge in [0.05, 0.1) is 7.11 Å². The first-order valence-electron chi connectivity index (χ1n) is 4.49. The molecule has 0 aliphatic rings. The normalized spacial score (nSPS) is 9.07. The number of carbonyl (C=O) groups excluding carboxylic acids is 1. The van der Waals surface area contributed by atoms with Crippen molar-refractivity contribution in [2.75, 3.05) is 13.7 Å². The van der Waals surface area contributed by atoms with Crippen LogP contribution >= 0.6 is 0 Å². The Morgan fingerprint density at radius 3 is 2.93 bits per heavy atom. The van der Waals surface area contributed by atoms with Crippen LogP contribution < -0.4 is 10.1 Å². The monoisotopic (exact) mass is 204 g/mol. The smallest absolute Gasteiger partial charge is 0.300 e. The lowest BCUT2D eigenvalue weighted by molar-refractivity contribution is -0.119. The van der Waals surface area contributed by atoms with E-state index in [1.54, 1.807) is 7.11 Å². The first-order chi connectivity index (χ1) is 7.27. The van der Waals surface area contributed by atoms with E-state index in [9.17, 15) is 4.79 Å². The van der Waals surface area contributed by atoms with Crippen molar-refractivity contribution in [1.29, 1.82) is 0 Å². The summed E-state index contributed by atoms with van der Waals surface area (Å²) < 4.78 is 5.13. The molecule has 15 heavy (non-hydrogen) atoms. The summed E-state index contributed by atoms with van der Waals surface area (Å²) in [4.78, 5) is 14.0. The quantitative estimate of drug-likeness (QED) is 0.749. The number of carbonyl (C=O) groups is 1. The third kappa shape index (κ3) is 3.31. The van der Waals surface area contributed by atoms with Crippen LogP contribution in [0.3, 0.4) is 0 Å². The summed E-state index contributed by atoms with van der Waals surface area (Å²) in [6.45, 7) is 6.79. The van der Waals surface area contributed by atoms with Gasteiger partial charge in [0.15, 0.2) is 0 Å². The topological polar surface area (TPSA) is 42.7 Å². The van der Waals surface area contributed by atoms with E-state index in [0.717, 1.165) is 11.3 Å². The summed E-state index contributed by atoms with van der Waals surface area (Å²) in [6.07, 6.45) is 0. The number of amides is 1. The molecule has 0 bridgehead atoms. The molecule has 0 aliphatic carbocycles. The lowest BCUT2D eigenvalue weighted by Gasteiger charge is -2.07. The van der Waals surface area contributed by atoms with Gasteiger partial charge in [-0.2, -0.15) is 0 Å². The van der Waals surface area contributed by atoms with Crippen molar-refractivity contribution in [2.24, 2.45) is 0 Å². The summed E-state index contributed by atoms with van der Waals surface area (Å²) in [7, 11) is 1.58. The summed E-state index contributed by atoms with van der Waals surface area (Å²) in [6, 6.07) is 7.44. The zero-order chi connectivity index (χ0) is 11.1. The molecule has 1 rings (SSSR count). The van der Waals surface area contributed by atoms with Crippen molar-refractivity contribution in [1.82, 2.24) is 5.32 Å². The zero-order valence-electron chi connectivity index (χ0n) is 8.49. The Labute approximate surface area is 88.7 Å². The number of para-hydroxylation sites is 1. The number of ether oxygens (including phenoxy) is 1. The van der Waals surface area contributed by atoms with Gasteiger partial charge < -0.3 is 14.9 Å². The standard InChI is InChI=1S/C11H12N2O2/c1-12-8-11(14)13-7-9-5-3-4-6-10(9)15-2/h3-6H,7-8H2,2H3,(H,13,14). The van der Waals surface area contributed by atoms with Gasteiger partial charge in [-0.15, -0.1) is 0 Å². The maximum Gasteiger partial charge on any atom is 0.300 e. The van der Waals surface area contributed by atoms with Crippen LogP contribution in [0.15, 0.2) is 24.3 Å². The van der Waals surface area contributed by atoms with Gasteiger partial charge in [0.1, 0.15) is 5.75 Å². The maximum atomic E-state index is 11.1. The first kappa shape index (κ1) is 11.1. The number of hydrogen-bond donors (Lipinski definition) is 1. The second kappa shape index (κ2) is 5.66. The highest BCUT2D eigenvalue weighted by Gasteiger charge is 2.05. The number of methoxy groups -OCH3 is 1. The molecule has 0 saturated carbocycles. The van der Waals surface area contributed by atoms with Crippen LogP contribution in [0.25, 0.3) is 4.85 Å². The van der Waals surface area contributed by atoms with E-state index in [1.807, 2.05) is 24.3 Å². The van der Waals surface area contributed by atoms with Gasteiger partial charge >= 0.3 is 0 Å². The second-order valence-electron chi connectivity index (χ2n) is 2.90. The molecule has 0 aromatic heterocycles. The fraction of sp³-hybridized carbons (Fsp3) is 0.273. The SMILES string of the molecule is [C-]#[N+]CC(=O)NCc1ccccc1OC. The molecule has 78 valence electrons. The van der Waals surface area contributed by atoms with E-state index < -0.39 is 0 Å². The lowest BCUT2D eigenvalue weighted by atomic mass is 10.2. The third-order valence-corrected chi connectivity index (χ3v) is 1.89. The summed E-state index contributed by atoms with van der Waals surface area (Å²) in [5.41, 5.74) is 0.901. The predicted molar refractivity (Wildman–Crippen MR) is 56.3 cm³/mol. The molecular weight excluding hydrogens is 192 g/mol. The number of nitrogens with zero attached hydrogens (tertiary/aromatic N) is 1. The molecule has 1 amide bonds. The molecule has 0 fully saturated rings. The van der Waals surface area contributed by atoms with Gasteiger partial charge in [0, 0.05) is 12.1 Å². The Hall–Kier alpha value is -2.02. The minimum absolute atomic E-state index is 0.130. The van der Waals surface area contributed by atoms with Gasteiger partial charge in [0.25, 0.3) is 12.5 Å². The third-order valence-electron chi connectivity index (χ3n) is 1.89. The minimum Gasteiger partial charge on any atom is -0.496 e. The lowest BCUT2D eigenvalue weighted by Crippen LogP contribution is -2.24. The van der Waals surface area contributed by atoms with E-state index >= 15 is 0 Å². The van der Waals surface area contributed by atoms with Gasteiger partial charge in [0.2, 0.25) is 0 Å². The van der Waals surface area contributed by atoms with Crippen LogP contribution in [0, 0.1) is 6.57 Å². The number of benzene rings is 1. The average molecular weight is 204 g/mol. The Balaban J connectivity index is 2.57. The van der Waals surface area contributed by atoms with Crippen LogP contribution in [0.1, 0.15) is 5.56 Å². The van der Waals surface area contributed by atoms with Gasteiger partial charge in [-0.3, -0.25) is 4.79 Å².